The molecule has 0 radical (unpaired) electrons. The van der Waals surface area contributed by atoms with Crippen LogP contribution in [0.15, 0.2) is 89.4 Å². The van der Waals surface area contributed by atoms with Gasteiger partial charge in [-0.1, -0.05) is 60.7 Å². The molecule has 186 valence electrons. The third-order valence-corrected chi connectivity index (χ3v) is 10.9. The van der Waals surface area contributed by atoms with Gasteiger partial charge in [0.25, 0.3) is 0 Å². The third-order valence-electron chi connectivity index (χ3n) is 9.72. The number of hydrogen-bond acceptors (Lipinski definition) is 2. The number of nitrogens with zero attached hydrogens (tertiary/aromatic N) is 2. The van der Waals surface area contributed by atoms with Crippen LogP contribution in [-0.4, -0.2) is 15.8 Å². The third kappa shape index (κ3) is 2.11. The lowest BCUT2D eigenvalue weighted by Crippen LogP contribution is -2.56. The van der Waals surface area contributed by atoms with Gasteiger partial charge in [-0.3, -0.25) is 0 Å². The summed E-state index contributed by atoms with van der Waals surface area (Å²) < 4.78 is 14.5. The first-order chi connectivity index (χ1) is 19.8. The minimum Gasteiger partial charge on any atom is -0.454 e. The summed E-state index contributed by atoms with van der Waals surface area (Å²) in [7, 11) is 0. The average Bonchev–Trinajstić information content (AvgIpc) is 3.71. The van der Waals surface area contributed by atoms with Crippen LogP contribution >= 0.6 is 11.3 Å². The summed E-state index contributed by atoms with van der Waals surface area (Å²) in [5.41, 5.74) is 15.5. The van der Waals surface area contributed by atoms with Gasteiger partial charge in [-0.25, -0.2) is 0 Å². The number of furan rings is 1. The van der Waals surface area contributed by atoms with Gasteiger partial charge in [0.05, 0.1) is 10.2 Å². The Morgan fingerprint density at radius 1 is 0.825 bits per heavy atom. The van der Waals surface area contributed by atoms with Crippen LogP contribution in [0.2, 0.25) is 0 Å². The van der Waals surface area contributed by atoms with Gasteiger partial charge >= 0.3 is 0 Å². The van der Waals surface area contributed by atoms with Gasteiger partial charge in [0, 0.05) is 49.0 Å². The molecule has 11 rings (SSSR count). The highest BCUT2D eigenvalue weighted by Gasteiger charge is 2.47. The van der Waals surface area contributed by atoms with Crippen molar-refractivity contribution in [1.29, 1.82) is 0 Å². The molecule has 5 heteroatoms. The molecule has 4 aromatic carbocycles. The number of fused-ring (bicyclic) bond motifs is 14. The van der Waals surface area contributed by atoms with Crippen LogP contribution in [-0.2, 0) is 0 Å². The number of allylic oxidation sites excluding steroid dienone is 1. The molecule has 0 N–H and O–H groups in total. The number of aromatic nitrogens is 2. The molecular formula is C35H21BN2OS. The topological polar surface area (TPSA) is 23.0 Å². The van der Waals surface area contributed by atoms with E-state index in [1.165, 1.54) is 81.2 Å². The largest absolute Gasteiger partial charge is 0.454 e. The molecule has 0 amide bonds. The number of thiophene rings is 1. The van der Waals surface area contributed by atoms with Gasteiger partial charge in [-0.05, 0) is 66.0 Å². The normalized spacial score (nSPS) is 16.6. The Hall–Kier alpha value is -4.48. The van der Waals surface area contributed by atoms with E-state index in [9.17, 15) is 0 Å². The summed E-state index contributed by atoms with van der Waals surface area (Å²) in [6.07, 6.45) is 5.72. The predicted octanol–water partition coefficient (Wildman–Crippen LogP) is 7.97. The number of aryl methyl sites for hydroxylation is 1. The van der Waals surface area contributed by atoms with Crippen LogP contribution in [0.4, 0.5) is 0 Å². The van der Waals surface area contributed by atoms with Crippen molar-refractivity contribution in [2.24, 2.45) is 0 Å². The van der Waals surface area contributed by atoms with E-state index in [1.54, 1.807) is 0 Å². The molecule has 4 aromatic heterocycles. The minimum absolute atomic E-state index is 0.304. The number of para-hydroxylation sites is 2. The molecule has 0 saturated heterocycles. The van der Waals surface area contributed by atoms with Crippen LogP contribution in [0.5, 0.6) is 0 Å². The zero-order chi connectivity index (χ0) is 25.9. The van der Waals surface area contributed by atoms with E-state index >= 15 is 0 Å². The van der Waals surface area contributed by atoms with Crippen molar-refractivity contribution in [3.8, 4) is 11.4 Å². The molecule has 8 aromatic rings. The minimum atomic E-state index is 0.304. The molecule has 6 heterocycles. The molecule has 1 aliphatic carbocycles. The fourth-order valence-corrected chi connectivity index (χ4v) is 9.58. The summed E-state index contributed by atoms with van der Waals surface area (Å²) in [5.74, 6) is 0.361. The number of hydrogen-bond donors (Lipinski definition) is 0. The van der Waals surface area contributed by atoms with Gasteiger partial charge in [0.1, 0.15) is 11.1 Å². The lowest BCUT2D eigenvalue weighted by atomic mass is 9.30. The van der Waals surface area contributed by atoms with E-state index in [4.69, 9.17) is 4.42 Å². The van der Waals surface area contributed by atoms with Crippen molar-refractivity contribution in [1.82, 2.24) is 9.13 Å². The zero-order valence-electron chi connectivity index (χ0n) is 21.7. The Labute approximate surface area is 233 Å². The van der Waals surface area contributed by atoms with E-state index in [-0.39, 0.29) is 0 Å². The summed E-state index contributed by atoms with van der Waals surface area (Å²) in [4.78, 5) is 0. The van der Waals surface area contributed by atoms with Crippen LogP contribution < -0.4 is 10.9 Å². The Morgan fingerprint density at radius 2 is 1.62 bits per heavy atom. The first kappa shape index (κ1) is 20.4. The number of benzene rings is 4. The Bertz CT molecular complexity index is 2500. The van der Waals surface area contributed by atoms with Crippen molar-refractivity contribution in [3.05, 3.63) is 102 Å². The Morgan fingerprint density at radius 3 is 2.55 bits per heavy atom. The SMILES string of the molecule is Cc1cc2c3c(c1)-n1c4c(cccc4c4sc5ccccc5c41)B3C1CC=Cc3c1n-2c1c3oc2ccccc21. The molecule has 0 bridgehead atoms. The Balaban J connectivity index is 1.39. The summed E-state index contributed by atoms with van der Waals surface area (Å²) in [5, 5.41) is 3.93. The van der Waals surface area contributed by atoms with Crippen molar-refractivity contribution in [3.63, 3.8) is 0 Å². The highest BCUT2D eigenvalue weighted by molar-refractivity contribution is 7.26. The Kier molecular flexibility index (Phi) is 3.38. The lowest BCUT2D eigenvalue weighted by Gasteiger charge is -2.39. The van der Waals surface area contributed by atoms with Crippen molar-refractivity contribution < 1.29 is 4.42 Å². The molecule has 3 nitrogen and oxygen atoms in total. The van der Waals surface area contributed by atoms with Crippen molar-refractivity contribution in [2.75, 3.05) is 0 Å². The first-order valence-electron chi connectivity index (χ1n) is 14.1. The number of rotatable bonds is 0. The second kappa shape index (κ2) is 6.63. The lowest BCUT2D eigenvalue weighted by molar-refractivity contribution is 0.668. The second-order valence-corrected chi connectivity index (χ2v) is 12.8. The maximum absolute atomic E-state index is 6.59. The highest BCUT2D eigenvalue weighted by atomic mass is 32.1. The van der Waals surface area contributed by atoms with Gasteiger partial charge in [-0.2, -0.15) is 0 Å². The second-order valence-electron chi connectivity index (χ2n) is 11.7. The molecule has 0 fully saturated rings. The van der Waals surface area contributed by atoms with E-state index in [1.807, 2.05) is 11.3 Å². The molecule has 1 atom stereocenters. The van der Waals surface area contributed by atoms with Crippen molar-refractivity contribution in [2.45, 2.75) is 19.2 Å². The van der Waals surface area contributed by atoms with Gasteiger partial charge in [-0.15, -0.1) is 11.3 Å². The summed E-state index contributed by atoms with van der Waals surface area (Å²) >= 11 is 1.94. The smallest absolute Gasteiger partial charge is 0.226 e. The van der Waals surface area contributed by atoms with Gasteiger partial charge in [0.2, 0.25) is 6.71 Å². The van der Waals surface area contributed by atoms with Gasteiger partial charge in [0.15, 0.2) is 5.58 Å². The van der Waals surface area contributed by atoms with E-state index in [2.05, 4.69) is 107 Å². The fourth-order valence-electron chi connectivity index (χ4n) is 8.36. The monoisotopic (exact) mass is 528 g/mol. The summed E-state index contributed by atoms with van der Waals surface area (Å²) in [6, 6.07) is 29.3. The standard InChI is InChI=1S/C35H21BN2OS/c1-18-16-25-29-26(17-18)38-31-22(35-33(38)20-9-3-5-15-28(20)40-35)11-7-13-24(31)36(29)23-12-6-10-21-30(23)37(25)32-19-8-2-4-14-27(19)39-34(21)32/h2-11,13-17,23H,12H2,1H3. The quantitative estimate of drug-likeness (QED) is 0.183. The molecule has 3 aliphatic rings. The molecule has 0 spiro atoms. The molecule has 0 saturated carbocycles. The van der Waals surface area contributed by atoms with Crippen LogP contribution in [0.3, 0.4) is 0 Å². The summed E-state index contributed by atoms with van der Waals surface area (Å²) in [6.45, 7) is 2.56. The van der Waals surface area contributed by atoms with E-state index in [0.29, 0.717) is 12.5 Å². The molecule has 40 heavy (non-hydrogen) atoms. The maximum Gasteiger partial charge on any atom is 0.226 e. The highest BCUT2D eigenvalue weighted by Crippen LogP contribution is 2.49. The van der Waals surface area contributed by atoms with Crippen molar-refractivity contribution >= 4 is 88.3 Å². The fraction of sp³-hybridized carbons (Fsp3) is 0.0857. The predicted molar refractivity (Wildman–Crippen MR) is 169 cm³/mol. The average molecular weight is 528 g/mol. The van der Waals surface area contributed by atoms with Crippen LogP contribution in [0, 0.1) is 6.92 Å². The van der Waals surface area contributed by atoms with Crippen LogP contribution in [0.1, 0.15) is 29.1 Å². The zero-order valence-corrected chi connectivity index (χ0v) is 22.5. The van der Waals surface area contributed by atoms with Gasteiger partial charge < -0.3 is 13.6 Å². The maximum atomic E-state index is 6.59. The molecule has 2 aliphatic heterocycles. The van der Waals surface area contributed by atoms with Crippen LogP contribution in [0.25, 0.3) is 70.7 Å². The van der Waals surface area contributed by atoms with E-state index < -0.39 is 0 Å². The molecular weight excluding hydrogens is 507 g/mol. The molecule has 1 unspecified atom stereocenters. The van der Waals surface area contributed by atoms with E-state index in [0.717, 1.165) is 17.6 Å². The first-order valence-corrected chi connectivity index (χ1v) is 14.9.